The van der Waals surface area contributed by atoms with Gasteiger partial charge >= 0.3 is 0 Å². The summed E-state index contributed by atoms with van der Waals surface area (Å²) in [4.78, 5) is 9.90. The van der Waals surface area contributed by atoms with Crippen molar-refractivity contribution >= 4 is 5.91 Å². The Hall–Kier alpha value is -0.830. The molecule has 0 aromatic carbocycles. The Labute approximate surface area is 41.6 Å². The predicted molar refractivity (Wildman–Crippen MR) is 26.3 cm³/mol. The number of rotatable bonds is 1. The van der Waals surface area contributed by atoms with Gasteiger partial charge in [0.25, 0.3) is 0 Å². The van der Waals surface area contributed by atoms with E-state index in [-0.39, 0.29) is 0 Å². The summed E-state index contributed by atoms with van der Waals surface area (Å²) in [6.45, 7) is 1.66. The van der Waals surface area contributed by atoms with Crippen LogP contribution in [0.2, 0.25) is 0 Å². The largest absolute Gasteiger partial charge is 0.759 e. The quantitative estimate of drug-likeness (QED) is 0.377. The van der Waals surface area contributed by atoms with Crippen LogP contribution in [0.15, 0.2) is 12.2 Å². The molecule has 3 heteroatoms. The molecular formula is C4H6NO2-. The summed E-state index contributed by atoms with van der Waals surface area (Å²) in [6, 6.07) is 0. The lowest BCUT2D eigenvalue weighted by Gasteiger charge is -1.99. The maximum Gasteiger partial charge on any atom is 0.233 e. The first kappa shape index (κ1) is 6.17. The zero-order chi connectivity index (χ0) is 5.70. The number of hydrogen-bond donors (Lipinski definition) is 1. The minimum absolute atomic E-state index is 0.609. The van der Waals surface area contributed by atoms with E-state index < -0.39 is 5.91 Å². The van der Waals surface area contributed by atoms with E-state index in [0.717, 1.165) is 6.08 Å². The molecule has 0 saturated heterocycles. The van der Waals surface area contributed by atoms with Crippen molar-refractivity contribution in [2.75, 3.05) is 0 Å². The number of allylic oxidation sites excluding steroid dienone is 1. The fourth-order valence-corrected chi connectivity index (χ4v) is 0.185. The van der Waals surface area contributed by atoms with Crippen LogP contribution in [0, 0.1) is 5.21 Å². The number of amides is 1. The van der Waals surface area contributed by atoms with Crippen molar-refractivity contribution in [1.29, 1.82) is 0 Å². The fourth-order valence-electron chi connectivity index (χ4n) is 0.185. The van der Waals surface area contributed by atoms with Crippen molar-refractivity contribution in [3.63, 3.8) is 0 Å². The number of hydroxylamine groups is 1. The molecule has 0 spiro atoms. The third-order valence-electron chi connectivity index (χ3n) is 0.419. The first-order chi connectivity index (χ1) is 3.31. The molecule has 0 heterocycles. The highest BCUT2D eigenvalue weighted by Crippen LogP contribution is 1.66. The highest BCUT2D eigenvalue weighted by molar-refractivity contribution is 5.87. The molecular weight excluding hydrogens is 94.0 g/mol. The molecule has 0 bridgehead atoms. The van der Waals surface area contributed by atoms with Crippen LogP contribution in [0.1, 0.15) is 6.92 Å². The van der Waals surface area contributed by atoms with Gasteiger partial charge in [0.05, 0.1) is 0 Å². The lowest BCUT2D eigenvalue weighted by Crippen LogP contribution is -2.11. The van der Waals surface area contributed by atoms with E-state index in [9.17, 15) is 10.0 Å². The molecule has 0 radical (unpaired) electrons. The van der Waals surface area contributed by atoms with E-state index in [2.05, 4.69) is 0 Å². The normalized spacial score (nSPS) is 9.43. The Bertz CT molecular complexity index is 87.7. The molecule has 3 nitrogen and oxygen atoms in total. The van der Waals surface area contributed by atoms with E-state index in [4.69, 9.17) is 0 Å². The van der Waals surface area contributed by atoms with Crippen LogP contribution in [0.4, 0.5) is 0 Å². The predicted octanol–water partition coefficient (Wildman–Crippen LogP) is 0.177. The van der Waals surface area contributed by atoms with E-state index in [1.54, 1.807) is 6.92 Å². The van der Waals surface area contributed by atoms with Gasteiger partial charge in [0.15, 0.2) is 0 Å². The van der Waals surface area contributed by atoms with Crippen LogP contribution in [-0.4, -0.2) is 5.91 Å². The van der Waals surface area contributed by atoms with Crippen LogP contribution in [0.25, 0.3) is 0 Å². The Kier molecular flexibility index (Phi) is 2.96. The molecule has 0 aliphatic carbocycles. The monoisotopic (exact) mass is 100 g/mol. The van der Waals surface area contributed by atoms with Gasteiger partial charge in [-0.1, -0.05) is 6.08 Å². The topological polar surface area (TPSA) is 52.2 Å². The van der Waals surface area contributed by atoms with Crippen molar-refractivity contribution in [3.8, 4) is 0 Å². The first-order valence-electron chi connectivity index (χ1n) is 1.86. The second-order valence-corrected chi connectivity index (χ2v) is 0.966. The third kappa shape index (κ3) is 2.99. The van der Waals surface area contributed by atoms with Gasteiger partial charge in [-0.2, -0.15) is 0 Å². The van der Waals surface area contributed by atoms with Crippen molar-refractivity contribution in [3.05, 3.63) is 17.4 Å². The van der Waals surface area contributed by atoms with E-state index >= 15 is 0 Å². The van der Waals surface area contributed by atoms with Gasteiger partial charge in [-0.15, -0.1) is 0 Å². The second kappa shape index (κ2) is 3.36. The number of carbonyl (C=O) groups excluding carboxylic acids is 1. The fraction of sp³-hybridized carbons (Fsp3) is 0.250. The lowest BCUT2D eigenvalue weighted by molar-refractivity contribution is -0.115. The smallest absolute Gasteiger partial charge is 0.233 e. The molecule has 1 amide bonds. The Morgan fingerprint density at radius 2 is 2.43 bits per heavy atom. The van der Waals surface area contributed by atoms with Gasteiger partial charge < -0.3 is 10.7 Å². The molecule has 0 fully saturated rings. The minimum atomic E-state index is -0.609. The average molecular weight is 100 g/mol. The summed E-state index contributed by atoms with van der Waals surface area (Å²) >= 11 is 0. The minimum Gasteiger partial charge on any atom is -0.759 e. The van der Waals surface area contributed by atoms with Crippen molar-refractivity contribution in [2.24, 2.45) is 0 Å². The van der Waals surface area contributed by atoms with Crippen LogP contribution in [0.5, 0.6) is 0 Å². The van der Waals surface area contributed by atoms with Gasteiger partial charge in [-0.05, 0) is 13.0 Å². The lowest BCUT2D eigenvalue weighted by atomic mass is 10.5. The van der Waals surface area contributed by atoms with Crippen LogP contribution in [-0.2, 0) is 4.79 Å². The molecule has 0 aromatic rings. The number of hydrogen-bond acceptors (Lipinski definition) is 2. The SMILES string of the molecule is CC=CC(=O)N[O-]. The van der Waals surface area contributed by atoms with Crippen LogP contribution >= 0.6 is 0 Å². The third-order valence-corrected chi connectivity index (χ3v) is 0.419. The molecule has 7 heavy (non-hydrogen) atoms. The summed E-state index contributed by atoms with van der Waals surface area (Å²) in [5, 5.41) is 9.37. The highest BCUT2D eigenvalue weighted by Gasteiger charge is 1.76. The van der Waals surface area contributed by atoms with Gasteiger partial charge in [0.1, 0.15) is 0 Å². The Morgan fingerprint density at radius 1 is 1.86 bits per heavy atom. The van der Waals surface area contributed by atoms with Gasteiger partial charge in [0, 0.05) is 0 Å². The van der Waals surface area contributed by atoms with Gasteiger partial charge in [-0.25, -0.2) is 0 Å². The molecule has 0 atom stereocenters. The summed E-state index contributed by atoms with van der Waals surface area (Å²) < 4.78 is 0. The molecule has 0 aliphatic rings. The summed E-state index contributed by atoms with van der Waals surface area (Å²) in [7, 11) is 0. The molecule has 0 aromatic heterocycles. The summed E-state index contributed by atoms with van der Waals surface area (Å²) in [5.74, 6) is -0.609. The van der Waals surface area contributed by atoms with Gasteiger partial charge in [-0.3, -0.25) is 4.79 Å². The van der Waals surface area contributed by atoms with Crippen molar-refractivity contribution in [1.82, 2.24) is 5.48 Å². The molecule has 0 saturated carbocycles. The van der Waals surface area contributed by atoms with E-state index in [1.807, 2.05) is 0 Å². The maximum atomic E-state index is 9.90. The van der Waals surface area contributed by atoms with Crippen LogP contribution < -0.4 is 5.48 Å². The van der Waals surface area contributed by atoms with E-state index in [0.29, 0.717) is 0 Å². The number of carbonyl (C=O) groups is 1. The molecule has 40 valence electrons. The number of nitrogens with one attached hydrogen (secondary N) is 1. The maximum absolute atomic E-state index is 9.90. The first-order valence-corrected chi connectivity index (χ1v) is 1.86. The Morgan fingerprint density at radius 3 is 2.57 bits per heavy atom. The zero-order valence-electron chi connectivity index (χ0n) is 3.97. The molecule has 0 rings (SSSR count). The molecule has 0 unspecified atom stereocenters. The Balaban J connectivity index is 3.37. The average Bonchev–Trinajstić information content (AvgIpc) is 1.68. The summed E-state index contributed by atoms with van der Waals surface area (Å²) in [5.41, 5.74) is 1.19. The van der Waals surface area contributed by atoms with Gasteiger partial charge in [0.2, 0.25) is 5.91 Å². The van der Waals surface area contributed by atoms with E-state index in [1.165, 1.54) is 11.6 Å². The molecule has 0 aliphatic heterocycles. The highest BCUT2D eigenvalue weighted by atomic mass is 16.5. The van der Waals surface area contributed by atoms with Crippen LogP contribution in [0.3, 0.4) is 0 Å². The molecule has 1 N–H and O–H groups in total. The second-order valence-electron chi connectivity index (χ2n) is 0.966. The standard InChI is InChI=1S/C4H6NO2/c1-2-3-4(6)5-7/h2-3H,1H3,(H-,5,6,7)/q-1. The van der Waals surface area contributed by atoms with Crippen molar-refractivity contribution in [2.45, 2.75) is 6.92 Å². The summed E-state index contributed by atoms with van der Waals surface area (Å²) in [6.07, 6.45) is 2.65. The van der Waals surface area contributed by atoms with Crippen molar-refractivity contribution < 1.29 is 4.79 Å². The zero-order valence-corrected chi connectivity index (χ0v) is 3.97.